The molecule has 0 radical (unpaired) electrons. The van der Waals surface area contributed by atoms with Crippen LogP contribution in [0.5, 0.6) is 5.75 Å². The maximum atomic E-state index is 8.50. The summed E-state index contributed by atoms with van der Waals surface area (Å²) in [4.78, 5) is 0. The molecular weight excluding hydrogens is 202 g/mol. The first-order chi connectivity index (χ1) is 6.84. The highest BCUT2D eigenvalue weighted by atomic mass is 35.5. The molecule has 0 aromatic heterocycles. The number of hydrogen-bond donors (Lipinski definition) is 2. The van der Waals surface area contributed by atoms with Crippen LogP contribution in [-0.4, -0.2) is 31.4 Å². The minimum Gasteiger partial charge on any atom is -0.491 e. The van der Waals surface area contributed by atoms with Gasteiger partial charge in [0.25, 0.3) is 0 Å². The Morgan fingerprint density at radius 3 is 2.79 bits per heavy atom. The number of aliphatic hydroxyl groups excluding tert-OH is 1. The standard InChI is InChI=1S/C10H14ClNO2/c11-9-3-1-2-4-10(9)14-8-6-12-5-7-13/h1-4,12-13H,5-8H2. The van der Waals surface area contributed by atoms with Crippen LogP contribution >= 0.6 is 11.6 Å². The summed E-state index contributed by atoms with van der Waals surface area (Å²) in [6.45, 7) is 1.98. The smallest absolute Gasteiger partial charge is 0.137 e. The van der Waals surface area contributed by atoms with E-state index in [9.17, 15) is 0 Å². The number of ether oxygens (including phenoxy) is 1. The van der Waals surface area contributed by atoms with E-state index >= 15 is 0 Å². The zero-order chi connectivity index (χ0) is 10.2. The molecular formula is C10H14ClNO2. The molecule has 0 saturated carbocycles. The van der Waals surface area contributed by atoms with Crippen molar-refractivity contribution in [3.8, 4) is 5.75 Å². The molecule has 0 heterocycles. The molecule has 0 aliphatic carbocycles. The highest BCUT2D eigenvalue weighted by molar-refractivity contribution is 6.32. The molecule has 0 aliphatic rings. The molecule has 0 saturated heterocycles. The molecule has 14 heavy (non-hydrogen) atoms. The van der Waals surface area contributed by atoms with Crippen molar-refractivity contribution < 1.29 is 9.84 Å². The largest absolute Gasteiger partial charge is 0.491 e. The summed E-state index contributed by atoms with van der Waals surface area (Å²) < 4.78 is 5.41. The first-order valence-electron chi connectivity index (χ1n) is 4.53. The van der Waals surface area contributed by atoms with Crippen LogP contribution in [0, 0.1) is 0 Å². The van der Waals surface area contributed by atoms with Crippen molar-refractivity contribution in [3.05, 3.63) is 29.3 Å². The lowest BCUT2D eigenvalue weighted by Crippen LogP contribution is -2.23. The maximum absolute atomic E-state index is 8.50. The Balaban J connectivity index is 2.21. The Labute approximate surface area is 88.7 Å². The molecule has 0 atom stereocenters. The van der Waals surface area contributed by atoms with Gasteiger partial charge >= 0.3 is 0 Å². The predicted molar refractivity (Wildman–Crippen MR) is 56.9 cm³/mol. The highest BCUT2D eigenvalue weighted by Gasteiger charge is 1.97. The monoisotopic (exact) mass is 215 g/mol. The summed E-state index contributed by atoms with van der Waals surface area (Å²) >= 11 is 5.88. The lowest BCUT2D eigenvalue weighted by atomic mass is 10.3. The summed E-state index contributed by atoms with van der Waals surface area (Å²) in [6.07, 6.45) is 0. The molecule has 1 rings (SSSR count). The fraction of sp³-hybridized carbons (Fsp3) is 0.400. The summed E-state index contributed by atoms with van der Waals surface area (Å²) in [6, 6.07) is 7.36. The minimum atomic E-state index is 0.145. The zero-order valence-corrected chi connectivity index (χ0v) is 8.63. The van der Waals surface area contributed by atoms with Crippen molar-refractivity contribution in [2.24, 2.45) is 0 Å². The molecule has 0 fully saturated rings. The van der Waals surface area contributed by atoms with Gasteiger partial charge in [-0.1, -0.05) is 23.7 Å². The SMILES string of the molecule is OCCNCCOc1ccccc1Cl. The fourth-order valence-electron chi connectivity index (χ4n) is 0.999. The topological polar surface area (TPSA) is 41.5 Å². The number of nitrogens with one attached hydrogen (secondary N) is 1. The van der Waals surface area contributed by atoms with Gasteiger partial charge in [0.15, 0.2) is 0 Å². The molecule has 4 heteroatoms. The number of benzene rings is 1. The van der Waals surface area contributed by atoms with E-state index in [0.29, 0.717) is 30.5 Å². The zero-order valence-electron chi connectivity index (χ0n) is 7.87. The van der Waals surface area contributed by atoms with Gasteiger partial charge in [0.1, 0.15) is 12.4 Å². The van der Waals surface area contributed by atoms with Gasteiger partial charge < -0.3 is 15.2 Å². The molecule has 2 N–H and O–H groups in total. The predicted octanol–water partition coefficient (Wildman–Crippen LogP) is 1.30. The number of rotatable bonds is 6. The second-order valence-corrected chi connectivity index (χ2v) is 3.16. The van der Waals surface area contributed by atoms with Gasteiger partial charge in [-0.3, -0.25) is 0 Å². The van der Waals surface area contributed by atoms with Crippen molar-refractivity contribution in [2.45, 2.75) is 0 Å². The van der Waals surface area contributed by atoms with E-state index < -0.39 is 0 Å². The Morgan fingerprint density at radius 1 is 1.29 bits per heavy atom. The maximum Gasteiger partial charge on any atom is 0.137 e. The summed E-state index contributed by atoms with van der Waals surface area (Å²) in [5.41, 5.74) is 0. The van der Waals surface area contributed by atoms with E-state index in [4.69, 9.17) is 21.4 Å². The van der Waals surface area contributed by atoms with Crippen LogP contribution in [0.4, 0.5) is 0 Å². The summed E-state index contributed by atoms with van der Waals surface area (Å²) in [5, 5.41) is 12.1. The van der Waals surface area contributed by atoms with Crippen LogP contribution in [0.15, 0.2) is 24.3 Å². The van der Waals surface area contributed by atoms with Crippen LogP contribution < -0.4 is 10.1 Å². The minimum absolute atomic E-state index is 0.145. The second-order valence-electron chi connectivity index (χ2n) is 2.75. The van der Waals surface area contributed by atoms with E-state index in [1.54, 1.807) is 6.07 Å². The van der Waals surface area contributed by atoms with E-state index in [1.807, 2.05) is 18.2 Å². The average molecular weight is 216 g/mol. The van der Waals surface area contributed by atoms with E-state index in [2.05, 4.69) is 5.32 Å². The summed E-state index contributed by atoms with van der Waals surface area (Å²) in [7, 11) is 0. The molecule has 0 amide bonds. The summed E-state index contributed by atoms with van der Waals surface area (Å²) in [5.74, 6) is 0.694. The normalized spacial score (nSPS) is 10.1. The molecule has 0 bridgehead atoms. The molecule has 0 spiro atoms. The first kappa shape index (κ1) is 11.3. The van der Waals surface area contributed by atoms with Gasteiger partial charge in [-0.2, -0.15) is 0 Å². The van der Waals surface area contributed by atoms with E-state index in [-0.39, 0.29) is 6.61 Å². The van der Waals surface area contributed by atoms with Crippen molar-refractivity contribution >= 4 is 11.6 Å². The quantitative estimate of drug-likeness (QED) is 0.703. The number of para-hydroxylation sites is 1. The molecule has 0 unspecified atom stereocenters. The van der Waals surface area contributed by atoms with E-state index in [1.165, 1.54) is 0 Å². The van der Waals surface area contributed by atoms with Gasteiger partial charge in [0, 0.05) is 13.1 Å². The van der Waals surface area contributed by atoms with Gasteiger partial charge in [-0.05, 0) is 12.1 Å². The Bertz CT molecular complexity index is 268. The fourth-order valence-corrected chi connectivity index (χ4v) is 1.19. The Morgan fingerprint density at radius 2 is 2.07 bits per heavy atom. The molecule has 0 aliphatic heterocycles. The molecule has 3 nitrogen and oxygen atoms in total. The lowest BCUT2D eigenvalue weighted by Gasteiger charge is -2.07. The highest BCUT2D eigenvalue weighted by Crippen LogP contribution is 2.22. The van der Waals surface area contributed by atoms with Crippen LogP contribution in [0.25, 0.3) is 0 Å². The molecule has 78 valence electrons. The average Bonchev–Trinajstić information content (AvgIpc) is 2.20. The Hall–Kier alpha value is -0.770. The van der Waals surface area contributed by atoms with Crippen molar-refractivity contribution in [1.82, 2.24) is 5.32 Å². The van der Waals surface area contributed by atoms with Crippen molar-refractivity contribution in [1.29, 1.82) is 0 Å². The van der Waals surface area contributed by atoms with E-state index in [0.717, 1.165) is 0 Å². The first-order valence-corrected chi connectivity index (χ1v) is 4.91. The third kappa shape index (κ3) is 3.96. The van der Waals surface area contributed by atoms with Crippen molar-refractivity contribution in [2.75, 3.05) is 26.3 Å². The third-order valence-corrected chi connectivity index (χ3v) is 1.97. The van der Waals surface area contributed by atoms with Gasteiger partial charge in [0.05, 0.1) is 11.6 Å². The third-order valence-electron chi connectivity index (χ3n) is 1.66. The number of halogens is 1. The Kier molecular flexibility index (Phi) is 5.37. The van der Waals surface area contributed by atoms with Gasteiger partial charge in [0.2, 0.25) is 0 Å². The second kappa shape index (κ2) is 6.65. The van der Waals surface area contributed by atoms with Gasteiger partial charge in [-0.15, -0.1) is 0 Å². The number of hydrogen-bond acceptors (Lipinski definition) is 3. The number of aliphatic hydroxyl groups is 1. The molecule has 1 aromatic carbocycles. The molecule has 1 aromatic rings. The van der Waals surface area contributed by atoms with Crippen LogP contribution in [0.3, 0.4) is 0 Å². The lowest BCUT2D eigenvalue weighted by molar-refractivity contribution is 0.276. The van der Waals surface area contributed by atoms with Crippen LogP contribution in [0.1, 0.15) is 0 Å². The van der Waals surface area contributed by atoms with Gasteiger partial charge in [-0.25, -0.2) is 0 Å². The van der Waals surface area contributed by atoms with Crippen LogP contribution in [0.2, 0.25) is 5.02 Å². The van der Waals surface area contributed by atoms with Crippen LogP contribution in [-0.2, 0) is 0 Å². The van der Waals surface area contributed by atoms with Crippen molar-refractivity contribution in [3.63, 3.8) is 0 Å².